The van der Waals surface area contributed by atoms with Gasteiger partial charge in [-0.3, -0.25) is 4.79 Å². The zero-order chi connectivity index (χ0) is 15.6. The van der Waals surface area contributed by atoms with Gasteiger partial charge >= 0.3 is 0 Å². The lowest BCUT2D eigenvalue weighted by Gasteiger charge is -2.37. The van der Waals surface area contributed by atoms with Crippen molar-refractivity contribution in [2.24, 2.45) is 5.41 Å². The third kappa shape index (κ3) is 3.10. The van der Waals surface area contributed by atoms with Gasteiger partial charge in [0.2, 0.25) is 5.12 Å². The molecular weight excluding hydrogens is 296 g/mol. The third-order valence-corrected chi connectivity index (χ3v) is 5.34. The van der Waals surface area contributed by atoms with Crippen LogP contribution in [0.5, 0.6) is 0 Å². The van der Waals surface area contributed by atoms with Crippen molar-refractivity contribution in [2.75, 3.05) is 19.0 Å². The first-order valence-electron chi connectivity index (χ1n) is 7.41. The van der Waals surface area contributed by atoms with Crippen LogP contribution in [0.1, 0.15) is 35.9 Å². The zero-order valence-electron chi connectivity index (χ0n) is 12.9. The molecule has 3 rings (SSSR count). The highest BCUT2D eigenvalue weighted by Gasteiger charge is 2.34. The molecule has 0 bridgehead atoms. The predicted octanol–water partition coefficient (Wildman–Crippen LogP) is 3.40. The van der Waals surface area contributed by atoms with Crippen molar-refractivity contribution in [3.05, 3.63) is 54.1 Å². The molecule has 5 heteroatoms. The van der Waals surface area contributed by atoms with Crippen molar-refractivity contribution < 1.29 is 9.53 Å². The van der Waals surface area contributed by atoms with Crippen molar-refractivity contribution in [1.29, 1.82) is 0 Å². The number of carbonyl (C=O) groups excluding carboxylic acids is 1. The predicted molar refractivity (Wildman–Crippen MR) is 88.2 cm³/mol. The number of benzene rings is 1. The Hall–Kier alpha value is -1.59. The number of carbonyl (C=O) groups is 1. The van der Waals surface area contributed by atoms with Crippen LogP contribution >= 0.6 is 11.8 Å². The standard InChI is InChI=1S/C17H20N2O2S/c1-13(14-6-4-3-5-7-14)19-12-18-8-15(19)16(20)22-11-17(2)9-21-10-17/h3-8,12-13H,9-11H2,1-2H3/t13-/m1/s1. The largest absolute Gasteiger partial charge is 0.380 e. The molecule has 0 amide bonds. The maximum atomic E-state index is 12.5. The minimum Gasteiger partial charge on any atom is -0.380 e. The van der Waals surface area contributed by atoms with Crippen LogP contribution in [0.2, 0.25) is 0 Å². The normalized spacial score (nSPS) is 17.7. The van der Waals surface area contributed by atoms with Crippen LogP contribution in [0, 0.1) is 5.41 Å². The van der Waals surface area contributed by atoms with Crippen molar-refractivity contribution in [2.45, 2.75) is 19.9 Å². The SMILES string of the molecule is C[C@H](c1ccccc1)n1cncc1C(=O)SCC1(C)COC1. The maximum absolute atomic E-state index is 12.5. The average Bonchev–Trinajstić information content (AvgIpc) is 3.00. The molecule has 0 spiro atoms. The molecule has 0 aliphatic carbocycles. The molecule has 2 heterocycles. The van der Waals surface area contributed by atoms with Crippen LogP contribution in [0.3, 0.4) is 0 Å². The van der Waals surface area contributed by atoms with Gasteiger partial charge in [-0.25, -0.2) is 4.98 Å². The van der Waals surface area contributed by atoms with Gasteiger partial charge in [0.05, 0.1) is 31.8 Å². The van der Waals surface area contributed by atoms with Gasteiger partial charge in [0.1, 0.15) is 5.69 Å². The van der Waals surface area contributed by atoms with Crippen LogP contribution in [0.25, 0.3) is 0 Å². The van der Waals surface area contributed by atoms with E-state index in [1.807, 2.05) is 22.8 Å². The first-order valence-corrected chi connectivity index (χ1v) is 8.39. The molecule has 1 aliphatic rings. The average molecular weight is 316 g/mol. The van der Waals surface area contributed by atoms with Crippen molar-refractivity contribution in [1.82, 2.24) is 9.55 Å². The van der Waals surface area contributed by atoms with E-state index >= 15 is 0 Å². The lowest BCUT2D eigenvalue weighted by molar-refractivity contribution is -0.0860. The van der Waals surface area contributed by atoms with Gasteiger partial charge < -0.3 is 9.30 Å². The minimum absolute atomic E-state index is 0.0772. The van der Waals surface area contributed by atoms with Crippen LogP contribution in [-0.4, -0.2) is 33.6 Å². The molecule has 0 radical (unpaired) electrons. The highest BCUT2D eigenvalue weighted by molar-refractivity contribution is 8.14. The summed E-state index contributed by atoms with van der Waals surface area (Å²) in [6, 6.07) is 10.2. The number of imidazole rings is 1. The number of hydrogen-bond acceptors (Lipinski definition) is 4. The van der Waals surface area contributed by atoms with Crippen LogP contribution < -0.4 is 0 Å². The van der Waals surface area contributed by atoms with E-state index in [2.05, 4.69) is 31.0 Å². The van der Waals surface area contributed by atoms with E-state index < -0.39 is 0 Å². The fourth-order valence-corrected chi connectivity index (χ4v) is 3.46. The minimum atomic E-state index is 0.0772. The zero-order valence-corrected chi connectivity index (χ0v) is 13.7. The van der Waals surface area contributed by atoms with E-state index in [4.69, 9.17) is 4.74 Å². The Bertz CT molecular complexity index is 650. The summed E-state index contributed by atoms with van der Waals surface area (Å²) in [5.41, 5.74) is 1.96. The maximum Gasteiger partial charge on any atom is 0.237 e. The number of rotatable bonds is 5. The van der Waals surface area contributed by atoms with Crippen LogP contribution in [-0.2, 0) is 4.74 Å². The topological polar surface area (TPSA) is 44.1 Å². The van der Waals surface area contributed by atoms with E-state index in [9.17, 15) is 4.79 Å². The summed E-state index contributed by atoms with van der Waals surface area (Å²) in [6.07, 6.45) is 3.40. The quantitative estimate of drug-likeness (QED) is 0.848. The van der Waals surface area contributed by atoms with Gasteiger partial charge in [-0.15, -0.1) is 0 Å². The smallest absolute Gasteiger partial charge is 0.237 e. The van der Waals surface area contributed by atoms with Gasteiger partial charge in [0, 0.05) is 11.2 Å². The van der Waals surface area contributed by atoms with E-state index in [1.54, 1.807) is 12.5 Å². The fraction of sp³-hybridized carbons (Fsp3) is 0.412. The molecular formula is C17H20N2O2S. The Labute approximate surface area is 134 Å². The van der Waals surface area contributed by atoms with Gasteiger partial charge in [-0.2, -0.15) is 0 Å². The lowest BCUT2D eigenvalue weighted by atomic mass is 9.92. The fourth-order valence-electron chi connectivity index (χ4n) is 2.51. The van der Waals surface area contributed by atoms with E-state index in [0.717, 1.165) is 19.0 Å². The summed E-state index contributed by atoms with van der Waals surface area (Å²) >= 11 is 1.36. The summed E-state index contributed by atoms with van der Waals surface area (Å²) in [4.78, 5) is 16.7. The van der Waals surface area contributed by atoms with Gasteiger partial charge in [-0.1, -0.05) is 49.0 Å². The van der Waals surface area contributed by atoms with Crippen molar-refractivity contribution in [3.63, 3.8) is 0 Å². The first-order chi connectivity index (χ1) is 10.6. The first kappa shape index (κ1) is 15.3. The van der Waals surface area contributed by atoms with Crippen LogP contribution in [0.4, 0.5) is 0 Å². The highest BCUT2D eigenvalue weighted by Crippen LogP contribution is 2.32. The molecule has 22 heavy (non-hydrogen) atoms. The molecule has 116 valence electrons. The van der Waals surface area contributed by atoms with Gasteiger partial charge in [0.25, 0.3) is 0 Å². The lowest BCUT2D eigenvalue weighted by Crippen LogP contribution is -2.42. The summed E-state index contributed by atoms with van der Waals surface area (Å²) in [5.74, 6) is 0.788. The number of aromatic nitrogens is 2. The number of nitrogens with zero attached hydrogens (tertiary/aromatic N) is 2. The molecule has 2 aromatic rings. The summed E-state index contributed by atoms with van der Waals surface area (Å²) in [7, 11) is 0. The Kier molecular flexibility index (Phi) is 4.36. The highest BCUT2D eigenvalue weighted by atomic mass is 32.2. The van der Waals surface area contributed by atoms with E-state index in [0.29, 0.717) is 5.69 Å². The van der Waals surface area contributed by atoms with Crippen LogP contribution in [0.15, 0.2) is 42.9 Å². The molecule has 1 atom stereocenters. The molecule has 1 saturated heterocycles. The molecule has 0 unspecified atom stereocenters. The van der Waals surface area contributed by atoms with Gasteiger partial charge in [0.15, 0.2) is 0 Å². The Morgan fingerprint density at radius 1 is 1.41 bits per heavy atom. The third-order valence-electron chi connectivity index (χ3n) is 4.03. The second-order valence-electron chi connectivity index (χ2n) is 6.15. The number of thioether (sulfide) groups is 1. The Morgan fingerprint density at radius 2 is 2.14 bits per heavy atom. The molecule has 0 N–H and O–H groups in total. The number of hydrogen-bond donors (Lipinski definition) is 0. The molecule has 1 aliphatic heterocycles. The second kappa shape index (κ2) is 6.26. The molecule has 0 saturated carbocycles. The second-order valence-corrected chi connectivity index (χ2v) is 7.10. The number of ether oxygens (including phenoxy) is 1. The molecule has 1 aromatic heterocycles. The van der Waals surface area contributed by atoms with Crippen molar-refractivity contribution >= 4 is 16.9 Å². The monoisotopic (exact) mass is 316 g/mol. The molecule has 1 fully saturated rings. The summed E-state index contributed by atoms with van der Waals surface area (Å²) < 4.78 is 7.19. The van der Waals surface area contributed by atoms with Gasteiger partial charge in [-0.05, 0) is 12.5 Å². The molecule has 4 nitrogen and oxygen atoms in total. The summed E-state index contributed by atoms with van der Waals surface area (Å²) in [6.45, 7) is 5.72. The van der Waals surface area contributed by atoms with E-state index in [-0.39, 0.29) is 16.6 Å². The van der Waals surface area contributed by atoms with Crippen molar-refractivity contribution in [3.8, 4) is 0 Å². The molecule has 1 aromatic carbocycles. The summed E-state index contributed by atoms with van der Waals surface area (Å²) in [5, 5.41) is 0.0772. The van der Waals surface area contributed by atoms with E-state index in [1.165, 1.54) is 17.3 Å². The Balaban J connectivity index is 1.72. The Morgan fingerprint density at radius 3 is 2.77 bits per heavy atom.